The molecule has 1 N–H and O–H groups in total. The minimum Gasteiger partial charge on any atom is -0.448 e. The number of alkyl carbamates (subject to hydrolysis) is 1. The highest BCUT2D eigenvalue weighted by Gasteiger charge is 2.07. The Morgan fingerprint density at radius 3 is 2.41 bits per heavy atom. The van der Waals surface area contributed by atoms with Crippen molar-refractivity contribution in [2.75, 3.05) is 32.8 Å². The number of ether oxygens (including phenoxy) is 1. The van der Waals surface area contributed by atoms with Crippen LogP contribution in [0.15, 0.2) is 0 Å². The molecule has 0 aromatic rings. The van der Waals surface area contributed by atoms with Gasteiger partial charge in [0.15, 0.2) is 0 Å². The summed E-state index contributed by atoms with van der Waals surface area (Å²) >= 11 is 0. The van der Waals surface area contributed by atoms with Crippen LogP contribution in [0.4, 0.5) is 4.79 Å². The lowest BCUT2D eigenvalue weighted by Gasteiger charge is -2.21. The van der Waals surface area contributed by atoms with Gasteiger partial charge in [-0.15, -0.1) is 0 Å². The summed E-state index contributed by atoms with van der Waals surface area (Å²) in [5.41, 5.74) is 0. The molecule has 0 aromatic carbocycles. The van der Waals surface area contributed by atoms with Gasteiger partial charge in [0.1, 0.15) is 6.61 Å². The maximum atomic E-state index is 10.9. The van der Waals surface area contributed by atoms with Gasteiger partial charge in [-0.25, -0.2) is 4.79 Å². The second-order valence-corrected chi connectivity index (χ2v) is 3.20. The van der Waals surface area contributed by atoms with Gasteiger partial charge in [-0.1, -0.05) is 34.6 Å². The van der Waals surface area contributed by atoms with Crippen LogP contribution in [-0.2, 0) is 4.74 Å². The zero-order chi connectivity index (χ0) is 13.5. The Balaban J connectivity index is 0. The minimum atomic E-state index is -0.280. The van der Waals surface area contributed by atoms with E-state index in [0.29, 0.717) is 6.61 Å². The number of rotatable bonds is 1. The first-order valence-electron chi connectivity index (χ1n) is 6.96. The smallest absolute Gasteiger partial charge is 0.407 e. The van der Waals surface area contributed by atoms with Crippen molar-refractivity contribution in [1.82, 2.24) is 10.2 Å². The van der Waals surface area contributed by atoms with Crippen molar-refractivity contribution in [3.63, 3.8) is 0 Å². The molecule has 17 heavy (non-hydrogen) atoms. The van der Waals surface area contributed by atoms with Crippen LogP contribution in [0.1, 0.15) is 47.5 Å². The SMILES string of the molecule is CC.CC.CCN1CCCCNC(=O)OCC1. The monoisotopic (exact) mass is 246 g/mol. The Morgan fingerprint density at radius 2 is 1.82 bits per heavy atom. The van der Waals surface area contributed by atoms with Gasteiger partial charge in [0.05, 0.1) is 0 Å². The zero-order valence-corrected chi connectivity index (χ0v) is 12.2. The Labute approximate surface area is 107 Å². The van der Waals surface area contributed by atoms with Crippen molar-refractivity contribution in [2.45, 2.75) is 47.5 Å². The van der Waals surface area contributed by atoms with Crippen LogP contribution in [0.25, 0.3) is 0 Å². The number of likely N-dealkylation sites (N-methyl/N-ethyl adjacent to an activating group) is 1. The minimum absolute atomic E-state index is 0.280. The second-order valence-electron chi connectivity index (χ2n) is 3.20. The summed E-state index contributed by atoms with van der Waals surface area (Å²) in [4.78, 5) is 13.2. The molecule has 1 rings (SSSR count). The Hall–Kier alpha value is -0.770. The van der Waals surface area contributed by atoms with E-state index in [4.69, 9.17) is 4.74 Å². The van der Waals surface area contributed by atoms with Crippen LogP contribution >= 0.6 is 0 Å². The molecule has 104 valence electrons. The quantitative estimate of drug-likeness (QED) is 0.773. The largest absolute Gasteiger partial charge is 0.448 e. The molecule has 0 aliphatic carbocycles. The Bertz CT molecular complexity index is 163. The normalized spacial score (nSPS) is 17.4. The number of nitrogens with zero attached hydrogens (tertiary/aromatic N) is 1. The van der Waals surface area contributed by atoms with Crippen LogP contribution in [0.2, 0.25) is 0 Å². The molecule has 1 aliphatic rings. The molecule has 1 fully saturated rings. The molecular formula is C13H30N2O2. The summed E-state index contributed by atoms with van der Waals surface area (Å²) in [5.74, 6) is 0. The fourth-order valence-corrected chi connectivity index (χ4v) is 1.40. The van der Waals surface area contributed by atoms with E-state index in [2.05, 4.69) is 17.1 Å². The van der Waals surface area contributed by atoms with Crippen molar-refractivity contribution in [3.05, 3.63) is 0 Å². The van der Waals surface area contributed by atoms with Gasteiger partial charge in [0.25, 0.3) is 0 Å². The summed E-state index contributed by atoms with van der Waals surface area (Å²) in [7, 11) is 0. The number of nitrogens with one attached hydrogen (secondary N) is 1. The molecule has 4 nitrogen and oxygen atoms in total. The fraction of sp³-hybridized carbons (Fsp3) is 0.923. The van der Waals surface area contributed by atoms with Gasteiger partial charge in [0, 0.05) is 13.1 Å². The van der Waals surface area contributed by atoms with Gasteiger partial charge < -0.3 is 15.0 Å². The average Bonchev–Trinajstić information content (AvgIpc) is 2.41. The highest BCUT2D eigenvalue weighted by molar-refractivity contribution is 5.66. The topological polar surface area (TPSA) is 41.6 Å². The highest BCUT2D eigenvalue weighted by atomic mass is 16.5. The summed E-state index contributed by atoms with van der Waals surface area (Å²) in [5, 5.41) is 2.71. The van der Waals surface area contributed by atoms with E-state index >= 15 is 0 Å². The van der Waals surface area contributed by atoms with E-state index < -0.39 is 0 Å². The van der Waals surface area contributed by atoms with E-state index in [-0.39, 0.29) is 6.09 Å². The predicted molar refractivity (Wildman–Crippen MR) is 73.4 cm³/mol. The van der Waals surface area contributed by atoms with Crippen molar-refractivity contribution in [1.29, 1.82) is 0 Å². The third kappa shape index (κ3) is 11.5. The first-order valence-corrected chi connectivity index (χ1v) is 6.96. The molecule has 0 aromatic heterocycles. The number of amides is 1. The molecule has 0 spiro atoms. The van der Waals surface area contributed by atoms with Crippen LogP contribution in [0.5, 0.6) is 0 Å². The van der Waals surface area contributed by atoms with Crippen LogP contribution < -0.4 is 5.32 Å². The van der Waals surface area contributed by atoms with Crippen molar-refractivity contribution in [2.24, 2.45) is 0 Å². The summed E-state index contributed by atoms with van der Waals surface area (Å²) in [6, 6.07) is 0. The highest BCUT2D eigenvalue weighted by Crippen LogP contribution is 1.97. The number of carbonyl (C=O) groups excluding carboxylic acids is 1. The van der Waals surface area contributed by atoms with Crippen molar-refractivity contribution in [3.8, 4) is 0 Å². The fourth-order valence-electron chi connectivity index (χ4n) is 1.40. The Kier molecular flexibility index (Phi) is 16.7. The van der Waals surface area contributed by atoms with E-state index in [9.17, 15) is 4.79 Å². The molecular weight excluding hydrogens is 216 g/mol. The molecule has 1 amide bonds. The maximum absolute atomic E-state index is 10.9. The molecule has 0 unspecified atom stereocenters. The maximum Gasteiger partial charge on any atom is 0.407 e. The van der Waals surface area contributed by atoms with E-state index in [1.54, 1.807) is 0 Å². The summed E-state index contributed by atoms with van der Waals surface area (Å²) < 4.78 is 4.96. The van der Waals surface area contributed by atoms with Crippen LogP contribution in [-0.4, -0.2) is 43.8 Å². The van der Waals surface area contributed by atoms with Gasteiger partial charge in [0.2, 0.25) is 0 Å². The zero-order valence-electron chi connectivity index (χ0n) is 12.2. The molecule has 1 saturated heterocycles. The number of hydrogen-bond donors (Lipinski definition) is 1. The average molecular weight is 246 g/mol. The number of cyclic esters (lactones) is 1. The third-order valence-electron chi connectivity index (χ3n) is 2.26. The van der Waals surface area contributed by atoms with Gasteiger partial charge in [-0.05, 0) is 25.9 Å². The van der Waals surface area contributed by atoms with E-state index in [1.807, 2.05) is 27.7 Å². The van der Waals surface area contributed by atoms with Gasteiger partial charge in [-0.2, -0.15) is 0 Å². The standard InChI is InChI=1S/C9H18N2O2.2C2H6/c1-2-11-6-4-3-5-10-9(12)13-8-7-11;2*1-2/h2-8H2,1H3,(H,10,12);2*1-2H3. The summed E-state index contributed by atoms with van der Waals surface area (Å²) in [6.45, 7) is 14.4. The number of carbonyl (C=O) groups is 1. The lowest BCUT2D eigenvalue weighted by molar-refractivity contribution is 0.124. The molecule has 0 radical (unpaired) electrons. The van der Waals surface area contributed by atoms with Crippen LogP contribution in [0, 0.1) is 0 Å². The molecule has 0 bridgehead atoms. The van der Waals surface area contributed by atoms with E-state index in [0.717, 1.165) is 39.0 Å². The molecule has 1 heterocycles. The lowest BCUT2D eigenvalue weighted by atomic mass is 10.3. The summed E-state index contributed by atoms with van der Waals surface area (Å²) in [6.07, 6.45) is 1.90. The van der Waals surface area contributed by atoms with Crippen molar-refractivity contribution < 1.29 is 9.53 Å². The Morgan fingerprint density at radius 1 is 1.18 bits per heavy atom. The van der Waals surface area contributed by atoms with Gasteiger partial charge >= 0.3 is 6.09 Å². The van der Waals surface area contributed by atoms with E-state index in [1.165, 1.54) is 0 Å². The second kappa shape index (κ2) is 15.2. The lowest BCUT2D eigenvalue weighted by Crippen LogP contribution is -2.34. The van der Waals surface area contributed by atoms with Crippen LogP contribution in [0.3, 0.4) is 0 Å². The first-order chi connectivity index (χ1) is 8.33. The van der Waals surface area contributed by atoms with Crippen molar-refractivity contribution >= 4 is 6.09 Å². The number of hydrogen-bond acceptors (Lipinski definition) is 3. The molecule has 4 heteroatoms. The molecule has 1 aliphatic heterocycles. The third-order valence-corrected chi connectivity index (χ3v) is 2.26. The molecule has 0 atom stereocenters. The predicted octanol–water partition coefficient (Wildman–Crippen LogP) is 2.88. The first kappa shape index (κ1) is 18.6. The van der Waals surface area contributed by atoms with Gasteiger partial charge in [-0.3, -0.25) is 0 Å². The molecule has 0 saturated carbocycles.